The zero-order valence-corrected chi connectivity index (χ0v) is 11.5. The molecular formula is C14H16F3N3. The maximum Gasteiger partial charge on any atom is 0.433 e. The van der Waals surface area contributed by atoms with Gasteiger partial charge in [-0.2, -0.15) is 18.3 Å². The van der Waals surface area contributed by atoms with Gasteiger partial charge in [-0.25, -0.2) is 4.68 Å². The van der Waals surface area contributed by atoms with Gasteiger partial charge in [0.25, 0.3) is 0 Å². The molecule has 0 bridgehead atoms. The van der Waals surface area contributed by atoms with Crippen LogP contribution in [0.3, 0.4) is 0 Å². The molecule has 0 spiro atoms. The fourth-order valence-corrected chi connectivity index (χ4v) is 2.13. The first-order chi connectivity index (χ1) is 9.34. The molecule has 0 fully saturated rings. The highest BCUT2D eigenvalue weighted by Gasteiger charge is 2.38. The van der Waals surface area contributed by atoms with Gasteiger partial charge in [0, 0.05) is 12.1 Å². The molecule has 0 aliphatic carbocycles. The molecule has 6 heteroatoms. The van der Waals surface area contributed by atoms with Gasteiger partial charge in [0.15, 0.2) is 5.69 Å². The highest BCUT2D eigenvalue weighted by molar-refractivity contribution is 5.45. The summed E-state index contributed by atoms with van der Waals surface area (Å²) < 4.78 is 40.9. The number of nitrogens with one attached hydrogen (secondary N) is 1. The lowest BCUT2D eigenvalue weighted by Crippen LogP contribution is -2.18. The van der Waals surface area contributed by atoms with Crippen molar-refractivity contribution in [3.8, 4) is 5.69 Å². The summed E-state index contributed by atoms with van der Waals surface area (Å²) in [6.07, 6.45) is -3.18. The van der Waals surface area contributed by atoms with Crippen LogP contribution in [0, 0.1) is 13.8 Å². The van der Waals surface area contributed by atoms with Gasteiger partial charge in [0.2, 0.25) is 0 Å². The Labute approximate surface area is 115 Å². The van der Waals surface area contributed by atoms with Gasteiger partial charge in [-0.3, -0.25) is 0 Å². The van der Waals surface area contributed by atoms with Gasteiger partial charge in [-0.05, 0) is 38.1 Å². The lowest BCUT2D eigenvalue weighted by Gasteiger charge is -2.14. The SMILES string of the molecule is CNCc1cnn(-c2cc(C)ccc2C)c1C(F)(F)F. The van der Waals surface area contributed by atoms with Crippen molar-refractivity contribution in [3.05, 3.63) is 46.8 Å². The van der Waals surface area contributed by atoms with Crippen LogP contribution in [0.5, 0.6) is 0 Å². The number of alkyl halides is 3. The summed E-state index contributed by atoms with van der Waals surface area (Å²) in [5, 5.41) is 6.66. The number of hydrogen-bond donors (Lipinski definition) is 1. The molecule has 0 saturated carbocycles. The topological polar surface area (TPSA) is 29.9 Å². The van der Waals surface area contributed by atoms with E-state index in [1.807, 2.05) is 13.0 Å². The van der Waals surface area contributed by atoms with Crippen molar-refractivity contribution in [2.24, 2.45) is 0 Å². The predicted octanol–water partition coefficient (Wildman–Crippen LogP) is 3.23. The molecule has 0 atom stereocenters. The van der Waals surface area contributed by atoms with E-state index < -0.39 is 11.9 Å². The van der Waals surface area contributed by atoms with E-state index in [2.05, 4.69) is 10.4 Å². The molecule has 0 aliphatic heterocycles. The number of nitrogens with zero attached hydrogens (tertiary/aromatic N) is 2. The van der Waals surface area contributed by atoms with Crippen LogP contribution in [-0.2, 0) is 12.7 Å². The maximum absolute atomic E-state index is 13.3. The van der Waals surface area contributed by atoms with Crippen LogP contribution in [0.15, 0.2) is 24.4 Å². The van der Waals surface area contributed by atoms with Gasteiger partial charge in [-0.1, -0.05) is 12.1 Å². The van der Waals surface area contributed by atoms with Crippen LogP contribution in [0.1, 0.15) is 22.4 Å². The number of aromatic nitrogens is 2. The minimum absolute atomic E-state index is 0.125. The third-order valence-electron chi connectivity index (χ3n) is 3.07. The van der Waals surface area contributed by atoms with Crippen molar-refractivity contribution in [1.82, 2.24) is 15.1 Å². The van der Waals surface area contributed by atoms with Crippen molar-refractivity contribution in [3.63, 3.8) is 0 Å². The summed E-state index contributed by atoms with van der Waals surface area (Å²) in [7, 11) is 1.61. The highest BCUT2D eigenvalue weighted by Crippen LogP contribution is 2.34. The number of halogens is 3. The number of hydrogen-bond acceptors (Lipinski definition) is 2. The Morgan fingerprint density at radius 3 is 2.55 bits per heavy atom. The summed E-state index contributed by atoms with van der Waals surface area (Å²) in [5.41, 5.74) is 1.52. The monoisotopic (exact) mass is 283 g/mol. The minimum Gasteiger partial charge on any atom is -0.316 e. The van der Waals surface area contributed by atoms with E-state index in [0.717, 1.165) is 15.8 Å². The number of aryl methyl sites for hydroxylation is 2. The van der Waals surface area contributed by atoms with E-state index >= 15 is 0 Å². The predicted molar refractivity (Wildman–Crippen MR) is 70.8 cm³/mol. The second-order valence-corrected chi connectivity index (χ2v) is 4.75. The van der Waals surface area contributed by atoms with Gasteiger partial charge >= 0.3 is 6.18 Å². The molecule has 2 rings (SSSR count). The van der Waals surface area contributed by atoms with Crippen LogP contribution in [-0.4, -0.2) is 16.8 Å². The summed E-state index contributed by atoms with van der Waals surface area (Å²) in [6.45, 7) is 3.74. The molecule has 3 nitrogen and oxygen atoms in total. The molecule has 0 unspecified atom stereocenters. The van der Waals surface area contributed by atoms with Gasteiger partial charge in [0.1, 0.15) is 0 Å². The molecule has 1 aromatic carbocycles. The molecule has 20 heavy (non-hydrogen) atoms. The molecule has 1 aromatic heterocycles. The Balaban J connectivity index is 2.65. The Bertz CT molecular complexity index is 615. The van der Waals surface area contributed by atoms with Crippen LogP contribution in [0.25, 0.3) is 5.69 Å². The van der Waals surface area contributed by atoms with E-state index in [1.165, 1.54) is 6.20 Å². The van der Waals surface area contributed by atoms with Gasteiger partial charge in [0.05, 0.1) is 11.9 Å². The largest absolute Gasteiger partial charge is 0.433 e. The van der Waals surface area contributed by atoms with Crippen molar-refractivity contribution < 1.29 is 13.2 Å². The third kappa shape index (κ3) is 2.70. The van der Waals surface area contributed by atoms with Gasteiger partial charge in [-0.15, -0.1) is 0 Å². The lowest BCUT2D eigenvalue weighted by molar-refractivity contribution is -0.143. The summed E-state index contributed by atoms with van der Waals surface area (Å²) in [4.78, 5) is 0. The van der Waals surface area contributed by atoms with E-state index in [4.69, 9.17) is 0 Å². The molecule has 0 radical (unpaired) electrons. The Kier molecular flexibility index (Phi) is 3.85. The fourth-order valence-electron chi connectivity index (χ4n) is 2.13. The second-order valence-electron chi connectivity index (χ2n) is 4.75. The number of rotatable bonds is 3. The van der Waals surface area contributed by atoms with Crippen molar-refractivity contribution >= 4 is 0 Å². The van der Waals surface area contributed by atoms with E-state index in [0.29, 0.717) is 5.69 Å². The van der Waals surface area contributed by atoms with Crippen LogP contribution >= 0.6 is 0 Å². The molecule has 0 saturated heterocycles. The molecule has 108 valence electrons. The van der Waals surface area contributed by atoms with Crippen molar-refractivity contribution in [2.45, 2.75) is 26.6 Å². The molecule has 1 heterocycles. The Hall–Kier alpha value is -1.82. The summed E-state index contributed by atoms with van der Waals surface area (Å²) >= 11 is 0. The van der Waals surface area contributed by atoms with Crippen LogP contribution in [0.4, 0.5) is 13.2 Å². The molecule has 0 aliphatic rings. The van der Waals surface area contributed by atoms with Crippen LogP contribution in [0.2, 0.25) is 0 Å². The zero-order valence-electron chi connectivity index (χ0n) is 11.5. The lowest BCUT2D eigenvalue weighted by atomic mass is 10.1. The fraction of sp³-hybridized carbons (Fsp3) is 0.357. The first-order valence-electron chi connectivity index (χ1n) is 6.21. The summed E-state index contributed by atoms with van der Waals surface area (Å²) in [5.74, 6) is 0. The normalized spacial score (nSPS) is 11.9. The Morgan fingerprint density at radius 2 is 1.95 bits per heavy atom. The Morgan fingerprint density at radius 1 is 1.25 bits per heavy atom. The second kappa shape index (κ2) is 5.28. The minimum atomic E-state index is -4.45. The molecule has 0 amide bonds. The first-order valence-corrected chi connectivity index (χ1v) is 6.21. The zero-order chi connectivity index (χ0) is 14.9. The smallest absolute Gasteiger partial charge is 0.316 e. The standard InChI is InChI=1S/C14H16F3N3/c1-9-4-5-10(2)12(6-9)20-13(14(15,16)17)11(7-18-3)8-19-20/h4-6,8,18H,7H2,1-3H3. The molecule has 1 N–H and O–H groups in total. The number of benzene rings is 1. The highest BCUT2D eigenvalue weighted by atomic mass is 19.4. The van der Waals surface area contributed by atoms with E-state index in [-0.39, 0.29) is 12.1 Å². The van der Waals surface area contributed by atoms with Gasteiger partial charge < -0.3 is 5.32 Å². The average molecular weight is 283 g/mol. The van der Waals surface area contributed by atoms with E-state index in [1.54, 1.807) is 26.1 Å². The van der Waals surface area contributed by atoms with E-state index in [9.17, 15) is 13.2 Å². The molecular weight excluding hydrogens is 267 g/mol. The molecule has 2 aromatic rings. The average Bonchev–Trinajstić information content (AvgIpc) is 2.76. The summed E-state index contributed by atoms with van der Waals surface area (Å²) in [6, 6.07) is 5.37. The first kappa shape index (κ1) is 14.6. The van der Waals surface area contributed by atoms with Crippen molar-refractivity contribution in [2.75, 3.05) is 7.05 Å². The van der Waals surface area contributed by atoms with Crippen molar-refractivity contribution in [1.29, 1.82) is 0 Å². The third-order valence-corrected chi connectivity index (χ3v) is 3.07. The maximum atomic E-state index is 13.3. The quantitative estimate of drug-likeness (QED) is 0.937. The van der Waals surface area contributed by atoms with Crippen LogP contribution < -0.4 is 5.32 Å².